The highest BCUT2D eigenvalue weighted by Crippen LogP contribution is 2.21. The summed E-state index contributed by atoms with van der Waals surface area (Å²) < 4.78 is 5.60. The average molecular weight is 395 g/mol. The number of carbonyl (C=O) groups excluding carboxylic acids is 1. The maximum atomic E-state index is 12.4. The second-order valence-corrected chi connectivity index (χ2v) is 7.45. The number of furan rings is 1. The summed E-state index contributed by atoms with van der Waals surface area (Å²) in [5.41, 5.74) is 1.79. The first-order valence-corrected chi connectivity index (χ1v) is 10.5. The van der Waals surface area contributed by atoms with Crippen molar-refractivity contribution in [2.75, 3.05) is 24.2 Å². The third-order valence-corrected chi connectivity index (χ3v) is 5.15. The highest BCUT2D eigenvalue weighted by molar-refractivity contribution is 7.97. The Balaban J connectivity index is 1.39. The van der Waals surface area contributed by atoms with Crippen LogP contribution in [-0.2, 0) is 5.75 Å². The highest BCUT2D eigenvalue weighted by Gasteiger charge is 2.27. The zero-order valence-corrected chi connectivity index (χ0v) is 16.4. The van der Waals surface area contributed by atoms with Gasteiger partial charge in [0.1, 0.15) is 5.76 Å². The summed E-state index contributed by atoms with van der Waals surface area (Å²) in [4.78, 5) is 27.7. The van der Waals surface area contributed by atoms with Gasteiger partial charge in [-0.25, -0.2) is 9.97 Å². The van der Waals surface area contributed by atoms with Crippen molar-refractivity contribution in [3.8, 4) is 11.3 Å². The van der Waals surface area contributed by atoms with Gasteiger partial charge in [0.25, 0.3) is 5.91 Å². The van der Waals surface area contributed by atoms with E-state index in [1.807, 2.05) is 30.5 Å². The van der Waals surface area contributed by atoms with Gasteiger partial charge in [0.05, 0.1) is 11.4 Å². The van der Waals surface area contributed by atoms with E-state index >= 15 is 0 Å². The van der Waals surface area contributed by atoms with Gasteiger partial charge in [0.15, 0.2) is 5.76 Å². The van der Waals surface area contributed by atoms with Crippen LogP contribution in [0.4, 0.5) is 5.95 Å². The van der Waals surface area contributed by atoms with Gasteiger partial charge >= 0.3 is 0 Å². The first-order valence-electron chi connectivity index (χ1n) is 9.10. The number of hydrogen-bond acceptors (Lipinski definition) is 7. The van der Waals surface area contributed by atoms with Crippen molar-refractivity contribution in [3.63, 3.8) is 0 Å². The molecule has 1 fully saturated rings. The molecule has 1 aliphatic heterocycles. The Bertz CT molecular complexity index is 947. The Kier molecular flexibility index (Phi) is 5.57. The third-order valence-electron chi connectivity index (χ3n) is 4.58. The number of amides is 1. The molecule has 1 atom stereocenters. The van der Waals surface area contributed by atoms with Crippen molar-refractivity contribution in [2.24, 2.45) is 0 Å². The molecule has 3 aromatic heterocycles. The fraction of sp³-hybridized carbons (Fsp3) is 0.300. The fourth-order valence-corrected chi connectivity index (χ4v) is 3.65. The van der Waals surface area contributed by atoms with Crippen molar-refractivity contribution in [2.45, 2.75) is 18.2 Å². The number of nitrogens with zero attached hydrogens (tertiary/aromatic N) is 4. The zero-order chi connectivity index (χ0) is 19.3. The zero-order valence-electron chi connectivity index (χ0n) is 15.5. The molecule has 1 amide bonds. The number of thioether (sulfide) groups is 1. The lowest BCUT2D eigenvalue weighted by Crippen LogP contribution is -2.37. The van der Waals surface area contributed by atoms with E-state index in [9.17, 15) is 4.79 Å². The van der Waals surface area contributed by atoms with Crippen molar-refractivity contribution in [1.29, 1.82) is 0 Å². The van der Waals surface area contributed by atoms with E-state index in [-0.39, 0.29) is 11.9 Å². The van der Waals surface area contributed by atoms with E-state index in [0.717, 1.165) is 35.7 Å². The second-order valence-electron chi connectivity index (χ2n) is 6.59. The van der Waals surface area contributed by atoms with Crippen LogP contribution in [0.1, 0.15) is 22.7 Å². The lowest BCUT2D eigenvalue weighted by molar-refractivity contribution is 0.0911. The molecular weight excluding hydrogens is 374 g/mol. The molecule has 4 rings (SSSR count). The molecule has 0 saturated carbocycles. The SMILES string of the molecule is CSCc1ccc(C(=O)NC2CCN(c3nccc(-c4cccnc4)n3)C2)o1. The molecule has 4 heterocycles. The van der Waals surface area contributed by atoms with Crippen LogP contribution in [0.3, 0.4) is 0 Å². The molecular formula is C20H21N5O2S. The summed E-state index contributed by atoms with van der Waals surface area (Å²) in [6.07, 6.45) is 8.12. The minimum Gasteiger partial charge on any atom is -0.455 e. The maximum absolute atomic E-state index is 12.4. The number of nitrogens with one attached hydrogen (secondary N) is 1. The van der Waals surface area contributed by atoms with E-state index in [0.29, 0.717) is 18.3 Å². The quantitative estimate of drug-likeness (QED) is 0.687. The van der Waals surface area contributed by atoms with Crippen molar-refractivity contribution in [1.82, 2.24) is 20.3 Å². The summed E-state index contributed by atoms with van der Waals surface area (Å²) in [6.45, 7) is 1.46. The molecule has 1 aliphatic rings. The molecule has 0 bridgehead atoms. The Labute approximate surface area is 167 Å². The number of aromatic nitrogens is 3. The molecule has 3 aromatic rings. The van der Waals surface area contributed by atoms with Gasteiger partial charge in [-0.1, -0.05) is 0 Å². The molecule has 1 unspecified atom stereocenters. The van der Waals surface area contributed by atoms with E-state index in [1.54, 1.807) is 36.4 Å². The smallest absolute Gasteiger partial charge is 0.287 e. The van der Waals surface area contributed by atoms with Crippen LogP contribution >= 0.6 is 11.8 Å². The summed E-state index contributed by atoms with van der Waals surface area (Å²) >= 11 is 1.66. The van der Waals surface area contributed by atoms with Gasteiger partial charge in [0, 0.05) is 43.3 Å². The van der Waals surface area contributed by atoms with Crippen LogP contribution in [0, 0.1) is 0 Å². The van der Waals surface area contributed by atoms with E-state index in [4.69, 9.17) is 4.42 Å². The largest absolute Gasteiger partial charge is 0.455 e. The number of carbonyl (C=O) groups is 1. The molecule has 1 saturated heterocycles. The third kappa shape index (κ3) is 4.17. The molecule has 8 heteroatoms. The first-order chi connectivity index (χ1) is 13.7. The molecule has 7 nitrogen and oxygen atoms in total. The number of hydrogen-bond donors (Lipinski definition) is 1. The van der Waals surface area contributed by atoms with Crippen LogP contribution in [0.5, 0.6) is 0 Å². The van der Waals surface area contributed by atoms with Crippen LogP contribution in [0.25, 0.3) is 11.3 Å². The molecule has 0 spiro atoms. The molecule has 0 aliphatic carbocycles. The van der Waals surface area contributed by atoms with Gasteiger partial charge in [-0.15, -0.1) is 0 Å². The minimum atomic E-state index is -0.177. The van der Waals surface area contributed by atoms with Crippen molar-refractivity contribution in [3.05, 3.63) is 60.4 Å². The van der Waals surface area contributed by atoms with Crippen LogP contribution < -0.4 is 10.2 Å². The molecule has 28 heavy (non-hydrogen) atoms. The van der Waals surface area contributed by atoms with Gasteiger partial charge in [-0.3, -0.25) is 9.78 Å². The molecule has 0 aromatic carbocycles. The minimum absolute atomic E-state index is 0.0345. The predicted octanol–water partition coefficient (Wildman–Crippen LogP) is 3.00. The summed E-state index contributed by atoms with van der Waals surface area (Å²) in [5.74, 6) is 2.42. The summed E-state index contributed by atoms with van der Waals surface area (Å²) in [6, 6.07) is 9.35. The Morgan fingerprint density at radius 3 is 3.07 bits per heavy atom. The fourth-order valence-electron chi connectivity index (χ4n) is 3.21. The standard InChI is InChI=1S/C20H21N5O2S/c1-28-13-16-4-5-18(27-16)19(26)23-15-7-10-25(12-15)20-22-9-6-17(24-20)14-3-2-8-21-11-14/h2-6,8-9,11,15H,7,10,12-13H2,1H3,(H,23,26). The monoisotopic (exact) mass is 395 g/mol. The van der Waals surface area contributed by atoms with Gasteiger partial charge in [0.2, 0.25) is 5.95 Å². The Hall–Kier alpha value is -2.87. The number of anilines is 1. The molecule has 0 radical (unpaired) electrons. The molecule has 1 N–H and O–H groups in total. The van der Waals surface area contributed by atoms with E-state index in [2.05, 4.69) is 25.2 Å². The molecule has 144 valence electrons. The first kappa shape index (κ1) is 18.5. The van der Waals surface area contributed by atoms with Crippen LogP contribution in [-0.4, -0.2) is 46.2 Å². The summed E-state index contributed by atoms with van der Waals surface area (Å²) in [5, 5.41) is 3.05. The number of rotatable bonds is 6. The Morgan fingerprint density at radius 2 is 2.25 bits per heavy atom. The van der Waals surface area contributed by atoms with Gasteiger partial charge in [-0.2, -0.15) is 11.8 Å². The second kappa shape index (κ2) is 8.43. The van der Waals surface area contributed by atoms with Crippen LogP contribution in [0.2, 0.25) is 0 Å². The van der Waals surface area contributed by atoms with E-state index < -0.39 is 0 Å². The maximum Gasteiger partial charge on any atom is 0.287 e. The normalized spacial score (nSPS) is 16.3. The van der Waals surface area contributed by atoms with Crippen LogP contribution in [0.15, 0.2) is 53.3 Å². The lowest BCUT2D eigenvalue weighted by atomic mass is 10.2. The topological polar surface area (TPSA) is 84.2 Å². The van der Waals surface area contributed by atoms with Gasteiger partial charge in [-0.05, 0) is 43.0 Å². The summed E-state index contributed by atoms with van der Waals surface area (Å²) in [7, 11) is 0. The van der Waals surface area contributed by atoms with E-state index in [1.165, 1.54) is 0 Å². The van der Waals surface area contributed by atoms with Crippen molar-refractivity contribution >= 4 is 23.6 Å². The van der Waals surface area contributed by atoms with Gasteiger partial charge < -0.3 is 14.6 Å². The lowest BCUT2D eigenvalue weighted by Gasteiger charge is -2.17. The highest BCUT2D eigenvalue weighted by atomic mass is 32.2. The average Bonchev–Trinajstić information content (AvgIpc) is 3.39. The Morgan fingerprint density at radius 1 is 1.32 bits per heavy atom. The number of pyridine rings is 1. The van der Waals surface area contributed by atoms with Crippen molar-refractivity contribution < 1.29 is 9.21 Å². The predicted molar refractivity (Wildman–Crippen MR) is 109 cm³/mol.